The van der Waals surface area contributed by atoms with Crippen molar-refractivity contribution in [3.63, 3.8) is 0 Å². The molecule has 3 rings (SSSR count). The molecule has 4 nitrogen and oxygen atoms in total. The lowest BCUT2D eigenvalue weighted by atomic mass is 10.0. The Kier molecular flexibility index (Phi) is 8.97. The summed E-state index contributed by atoms with van der Waals surface area (Å²) in [5.41, 5.74) is 3.31. The summed E-state index contributed by atoms with van der Waals surface area (Å²) in [4.78, 5) is 28.6. The van der Waals surface area contributed by atoms with Gasteiger partial charge in [0.05, 0.1) is 6.42 Å². The van der Waals surface area contributed by atoms with Crippen molar-refractivity contribution in [2.24, 2.45) is 5.92 Å². The van der Waals surface area contributed by atoms with Crippen molar-refractivity contribution in [3.05, 3.63) is 107 Å². The molecule has 1 N–H and O–H groups in total. The third-order valence-corrected chi connectivity index (χ3v) is 5.73. The summed E-state index contributed by atoms with van der Waals surface area (Å²) >= 11 is 0. The number of amides is 2. The van der Waals surface area contributed by atoms with Crippen LogP contribution in [0.5, 0.6) is 0 Å². The van der Waals surface area contributed by atoms with Crippen LogP contribution in [0.15, 0.2) is 78.9 Å². The van der Waals surface area contributed by atoms with Gasteiger partial charge in [-0.25, -0.2) is 4.39 Å². The van der Waals surface area contributed by atoms with E-state index >= 15 is 0 Å². The van der Waals surface area contributed by atoms with E-state index in [4.69, 9.17) is 0 Å². The van der Waals surface area contributed by atoms with Gasteiger partial charge in [0.2, 0.25) is 11.8 Å². The molecule has 3 aromatic carbocycles. The highest BCUT2D eigenvalue weighted by molar-refractivity contribution is 5.88. The Bertz CT molecular complexity index is 1080. The molecular weight excluding hydrogens is 427 g/mol. The normalized spacial score (nSPS) is 11.8. The third-order valence-electron chi connectivity index (χ3n) is 5.73. The van der Waals surface area contributed by atoms with Crippen molar-refractivity contribution in [2.45, 2.75) is 46.2 Å². The number of aryl methyl sites for hydroxylation is 1. The van der Waals surface area contributed by atoms with Crippen molar-refractivity contribution >= 4 is 11.8 Å². The Hall–Kier alpha value is -3.47. The number of benzene rings is 3. The standard InChI is InChI=1S/C29H33FN2O2/c1-21(2)19-31-29(34)27(17-23-9-5-4-6-10-23)32(20-24-15-13-22(3)14-16-24)28(33)18-25-11-7-8-12-26(25)30/h4-16,21,27H,17-20H2,1-3H3,(H,31,34). The SMILES string of the molecule is Cc1ccc(CN(C(=O)Cc2ccccc2F)C(Cc2ccccc2)C(=O)NCC(C)C)cc1. The molecule has 3 aromatic rings. The second-order valence-corrected chi connectivity index (χ2v) is 9.12. The van der Waals surface area contributed by atoms with Gasteiger partial charge >= 0.3 is 0 Å². The highest BCUT2D eigenvalue weighted by Crippen LogP contribution is 2.18. The summed E-state index contributed by atoms with van der Waals surface area (Å²) in [6.45, 7) is 6.84. The van der Waals surface area contributed by atoms with Crippen LogP contribution >= 0.6 is 0 Å². The highest BCUT2D eigenvalue weighted by atomic mass is 19.1. The molecule has 0 aliphatic rings. The zero-order chi connectivity index (χ0) is 24.5. The van der Waals surface area contributed by atoms with Crippen LogP contribution in [0.3, 0.4) is 0 Å². The predicted molar refractivity (Wildman–Crippen MR) is 134 cm³/mol. The van der Waals surface area contributed by atoms with E-state index in [1.54, 1.807) is 23.1 Å². The van der Waals surface area contributed by atoms with Gasteiger partial charge in [-0.1, -0.05) is 92.2 Å². The largest absolute Gasteiger partial charge is 0.354 e. The summed E-state index contributed by atoms with van der Waals surface area (Å²) in [5.74, 6) is -0.631. The molecule has 0 saturated heterocycles. The van der Waals surface area contributed by atoms with Crippen LogP contribution in [0.25, 0.3) is 0 Å². The number of hydrogen-bond donors (Lipinski definition) is 1. The van der Waals surface area contributed by atoms with Gasteiger partial charge in [0.1, 0.15) is 11.9 Å². The van der Waals surface area contributed by atoms with Crippen molar-refractivity contribution in [3.8, 4) is 0 Å². The second kappa shape index (κ2) is 12.1. The smallest absolute Gasteiger partial charge is 0.243 e. The molecular formula is C29H33FN2O2. The molecule has 0 radical (unpaired) electrons. The fourth-order valence-corrected chi connectivity index (χ4v) is 3.77. The molecule has 0 aliphatic heterocycles. The number of nitrogens with zero attached hydrogens (tertiary/aromatic N) is 1. The molecule has 1 atom stereocenters. The molecule has 2 amide bonds. The Morgan fingerprint density at radius 2 is 1.53 bits per heavy atom. The summed E-state index contributed by atoms with van der Waals surface area (Å²) < 4.78 is 14.4. The summed E-state index contributed by atoms with van der Waals surface area (Å²) in [6.07, 6.45) is 0.265. The number of carbonyl (C=O) groups is 2. The molecule has 0 fully saturated rings. The van der Waals surface area contributed by atoms with E-state index < -0.39 is 11.9 Å². The van der Waals surface area contributed by atoms with Gasteiger partial charge in [-0.05, 0) is 35.6 Å². The minimum absolute atomic E-state index is 0.110. The zero-order valence-electron chi connectivity index (χ0n) is 20.1. The van der Waals surface area contributed by atoms with E-state index in [1.807, 2.05) is 75.4 Å². The van der Waals surface area contributed by atoms with Gasteiger partial charge in [0, 0.05) is 19.5 Å². The van der Waals surface area contributed by atoms with E-state index in [9.17, 15) is 14.0 Å². The zero-order valence-corrected chi connectivity index (χ0v) is 20.1. The Morgan fingerprint density at radius 3 is 2.18 bits per heavy atom. The van der Waals surface area contributed by atoms with Gasteiger partial charge in [-0.3, -0.25) is 9.59 Å². The van der Waals surface area contributed by atoms with Crippen LogP contribution in [0.2, 0.25) is 0 Å². The number of nitrogens with one attached hydrogen (secondary N) is 1. The molecule has 34 heavy (non-hydrogen) atoms. The van der Waals surface area contributed by atoms with E-state index in [0.29, 0.717) is 18.5 Å². The molecule has 0 bridgehead atoms. The van der Waals surface area contributed by atoms with Crippen LogP contribution in [-0.2, 0) is 29.0 Å². The van der Waals surface area contributed by atoms with Crippen LogP contribution in [0, 0.1) is 18.7 Å². The van der Waals surface area contributed by atoms with E-state index in [-0.39, 0.29) is 30.7 Å². The van der Waals surface area contributed by atoms with Gasteiger partial charge in [0.25, 0.3) is 0 Å². The summed E-state index contributed by atoms with van der Waals surface area (Å²) in [7, 11) is 0. The molecule has 0 aromatic heterocycles. The number of carbonyl (C=O) groups excluding carboxylic acids is 2. The van der Waals surface area contributed by atoms with Gasteiger partial charge in [-0.2, -0.15) is 0 Å². The van der Waals surface area contributed by atoms with E-state index in [1.165, 1.54) is 6.07 Å². The molecule has 5 heteroatoms. The van der Waals surface area contributed by atoms with Gasteiger partial charge in [0.15, 0.2) is 0 Å². The van der Waals surface area contributed by atoms with Crippen LogP contribution < -0.4 is 5.32 Å². The minimum Gasteiger partial charge on any atom is -0.354 e. The van der Waals surface area contributed by atoms with Crippen molar-refractivity contribution in [1.82, 2.24) is 10.2 Å². The van der Waals surface area contributed by atoms with E-state index in [2.05, 4.69) is 5.32 Å². The topological polar surface area (TPSA) is 49.4 Å². The average molecular weight is 461 g/mol. The quantitative estimate of drug-likeness (QED) is 0.458. The summed E-state index contributed by atoms with van der Waals surface area (Å²) in [5, 5.41) is 3.00. The highest BCUT2D eigenvalue weighted by Gasteiger charge is 2.30. The Labute approximate surface area is 201 Å². The first-order chi connectivity index (χ1) is 16.3. The lowest BCUT2D eigenvalue weighted by Gasteiger charge is -2.32. The Morgan fingerprint density at radius 1 is 0.882 bits per heavy atom. The van der Waals surface area contributed by atoms with E-state index in [0.717, 1.165) is 16.7 Å². The molecule has 1 unspecified atom stereocenters. The first kappa shape index (κ1) is 25.2. The Balaban J connectivity index is 1.96. The molecule has 178 valence electrons. The fraction of sp³-hybridized carbons (Fsp3) is 0.310. The van der Waals surface area contributed by atoms with Crippen molar-refractivity contribution in [2.75, 3.05) is 6.54 Å². The van der Waals surface area contributed by atoms with Crippen molar-refractivity contribution in [1.29, 1.82) is 0 Å². The minimum atomic E-state index is -0.721. The number of hydrogen-bond acceptors (Lipinski definition) is 2. The maximum absolute atomic E-state index is 14.4. The third kappa shape index (κ3) is 7.27. The monoisotopic (exact) mass is 460 g/mol. The van der Waals surface area contributed by atoms with Crippen LogP contribution in [0.4, 0.5) is 4.39 Å². The molecule has 0 spiro atoms. The molecule has 0 heterocycles. The van der Waals surface area contributed by atoms with Gasteiger partial charge < -0.3 is 10.2 Å². The summed E-state index contributed by atoms with van der Waals surface area (Å²) in [6, 6.07) is 23.1. The predicted octanol–water partition coefficient (Wildman–Crippen LogP) is 5.09. The first-order valence-electron chi connectivity index (χ1n) is 11.7. The number of halogens is 1. The van der Waals surface area contributed by atoms with Gasteiger partial charge in [-0.15, -0.1) is 0 Å². The first-order valence-corrected chi connectivity index (χ1v) is 11.7. The maximum Gasteiger partial charge on any atom is 0.243 e. The maximum atomic E-state index is 14.4. The lowest BCUT2D eigenvalue weighted by molar-refractivity contribution is -0.140. The molecule has 0 aliphatic carbocycles. The van der Waals surface area contributed by atoms with Crippen molar-refractivity contribution < 1.29 is 14.0 Å². The van der Waals surface area contributed by atoms with Crippen LogP contribution in [0.1, 0.15) is 36.1 Å². The van der Waals surface area contributed by atoms with Crippen LogP contribution in [-0.4, -0.2) is 29.3 Å². The second-order valence-electron chi connectivity index (χ2n) is 9.12. The lowest BCUT2D eigenvalue weighted by Crippen LogP contribution is -2.51. The average Bonchev–Trinajstić information content (AvgIpc) is 2.83. The molecule has 0 saturated carbocycles. The number of rotatable bonds is 10. The fourth-order valence-electron chi connectivity index (χ4n) is 3.77.